The first kappa shape index (κ1) is 8.28. The summed E-state index contributed by atoms with van der Waals surface area (Å²) in [5.74, 6) is 3.41. The highest BCUT2D eigenvalue weighted by Crippen LogP contribution is 2.62. The van der Waals surface area contributed by atoms with Crippen LogP contribution in [0.3, 0.4) is 0 Å². The zero-order valence-corrected chi connectivity index (χ0v) is 8.66. The molecule has 0 radical (unpaired) electrons. The lowest BCUT2D eigenvalue weighted by atomic mass is 9.80. The van der Waals surface area contributed by atoms with Crippen molar-refractivity contribution in [2.75, 3.05) is 0 Å². The van der Waals surface area contributed by atoms with Crippen molar-refractivity contribution in [3.8, 4) is 0 Å². The highest BCUT2D eigenvalue weighted by Gasteiger charge is 2.57. The summed E-state index contributed by atoms with van der Waals surface area (Å²) < 4.78 is 0. The van der Waals surface area contributed by atoms with Gasteiger partial charge >= 0.3 is 0 Å². The van der Waals surface area contributed by atoms with E-state index in [0.29, 0.717) is 11.3 Å². The Hall–Kier alpha value is -0.0400. The fourth-order valence-corrected chi connectivity index (χ4v) is 4.54. The highest BCUT2D eigenvalue weighted by atomic mass is 16.3. The molecule has 3 rings (SSSR count). The molecular formula is C12H20O. The van der Waals surface area contributed by atoms with E-state index < -0.39 is 0 Å². The van der Waals surface area contributed by atoms with Crippen LogP contribution >= 0.6 is 0 Å². The second-order valence-corrected chi connectivity index (χ2v) is 6.36. The number of aliphatic hydroxyl groups is 1. The number of hydrogen-bond donors (Lipinski definition) is 1. The van der Waals surface area contributed by atoms with E-state index in [0.717, 1.165) is 24.2 Å². The lowest BCUT2D eigenvalue weighted by Gasteiger charge is -2.28. The van der Waals surface area contributed by atoms with Crippen molar-refractivity contribution < 1.29 is 5.11 Å². The summed E-state index contributed by atoms with van der Waals surface area (Å²) in [7, 11) is 0. The van der Waals surface area contributed by atoms with Gasteiger partial charge in [-0.2, -0.15) is 0 Å². The molecule has 0 heterocycles. The molecule has 0 aromatic carbocycles. The number of rotatable bonds is 0. The fraction of sp³-hybridized carbons (Fsp3) is 1.00. The minimum absolute atomic E-state index is 0.0557. The molecule has 5 unspecified atom stereocenters. The van der Waals surface area contributed by atoms with Gasteiger partial charge in [0.15, 0.2) is 0 Å². The molecule has 1 nitrogen and oxygen atoms in total. The summed E-state index contributed by atoms with van der Waals surface area (Å²) in [5.41, 5.74) is 0.566. The molecule has 0 aliphatic heterocycles. The zero-order valence-electron chi connectivity index (χ0n) is 8.66. The first-order chi connectivity index (χ1) is 6.07. The van der Waals surface area contributed by atoms with Gasteiger partial charge in [0.1, 0.15) is 0 Å². The SMILES string of the molecule is CC1(C)CC2C3CC(O)C(C3)C2C1. The second kappa shape index (κ2) is 2.31. The van der Waals surface area contributed by atoms with Crippen molar-refractivity contribution in [3.05, 3.63) is 0 Å². The summed E-state index contributed by atoms with van der Waals surface area (Å²) in [6.45, 7) is 4.80. The Labute approximate surface area is 80.5 Å². The van der Waals surface area contributed by atoms with Crippen LogP contribution in [0.25, 0.3) is 0 Å². The molecule has 0 aromatic heterocycles. The van der Waals surface area contributed by atoms with Gasteiger partial charge in [0, 0.05) is 0 Å². The summed E-state index contributed by atoms with van der Waals surface area (Å²) in [5, 5.41) is 9.84. The molecule has 13 heavy (non-hydrogen) atoms. The molecule has 3 saturated carbocycles. The van der Waals surface area contributed by atoms with E-state index in [9.17, 15) is 5.11 Å². The summed E-state index contributed by atoms with van der Waals surface area (Å²) in [6.07, 6.45) is 5.30. The van der Waals surface area contributed by atoms with E-state index >= 15 is 0 Å². The summed E-state index contributed by atoms with van der Waals surface area (Å²) >= 11 is 0. The standard InChI is InChI=1S/C12H20O/c1-12(2)5-9-7-3-8(10(9)6-12)11(13)4-7/h7-11,13H,3-6H2,1-2H3. The second-order valence-electron chi connectivity index (χ2n) is 6.36. The molecule has 2 bridgehead atoms. The van der Waals surface area contributed by atoms with Crippen LogP contribution in [0.4, 0.5) is 0 Å². The molecule has 3 fully saturated rings. The van der Waals surface area contributed by atoms with Gasteiger partial charge in [-0.25, -0.2) is 0 Å². The quantitative estimate of drug-likeness (QED) is 0.607. The summed E-state index contributed by atoms with van der Waals surface area (Å²) in [6, 6.07) is 0. The maximum atomic E-state index is 9.84. The monoisotopic (exact) mass is 180 g/mol. The molecule has 0 spiro atoms. The van der Waals surface area contributed by atoms with Crippen LogP contribution in [0, 0.1) is 29.1 Å². The Balaban J connectivity index is 1.87. The van der Waals surface area contributed by atoms with Crippen LogP contribution in [-0.2, 0) is 0 Å². The van der Waals surface area contributed by atoms with Crippen molar-refractivity contribution in [3.63, 3.8) is 0 Å². The lowest BCUT2D eigenvalue weighted by molar-refractivity contribution is 0.0637. The van der Waals surface area contributed by atoms with Gasteiger partial charge in [-0.3, -0.25) is 0 Å². The summed E-state index contributed by atoms with van der Waals surface area (Å²) in [4.78, 5) is 0. The third-order valence-electron chi connectivity index (χ3n) is 4.90. The molecule has 1 heteroatoms. The van der Waals surface area contributed by atoms with Crippen LogP contribution in [0.2, 0.25) is 0 Å². The first-order valence-corrected chi connectivity index (χ1v) is 5.75. The van der Waals surface area contributed by atoms with Crippen molar-refractivity contribution in [1.82, 2.24) is 0 Å². The molecule has 0 saturated heterocycles. The van der Waals surface area contributed by atoms with Crippen LogP contribution in [0.1, 0.15) is 39.5 Å². The Kier molecular flexibility index (Phi) is 1.47. The average molecular weight is 180 g/mol. The largest absolute Gasteiger partial charge is 0.393 e. The fourth-order valence-electron chi connectivity index (χ4n) is 4.54. The van der Waals surface area contributed by atoms with Gasteiger partial charge in [-0.15, -0.1) is 0 Å². The van der Waals surface area contributed by atoms with Crippen molar-refractivity contribution in [2.45, 2.75) is 45.6 Å². The maximum absolute atomic E-state index is 9.84. The molecule has 3 aliphatic rings. The predicted molar refractivity (Wildman–Crippen MR) is 52.2 cm³/mol. The Morgan fingerprint density at radius 1 is 1.00 bits per heavy atom. The van der Waals surface area contributed by atoms with Gasteiger partial charge < -0.3 is 5.11 Å². The topological polar surface area (TPSA) is 20.2 Å². The Bertz CT molecular complexity index is 233. The third kappa shape index (κ3) is 1.03. The minimum atomic E-state index is 0.0557. The number of hydrogen-bond acceptors (Lipinski definition) is 1. The highest BCUT2D eigenvalue weighted by molar-refractivity contribution is 5.06. The van der Waals surface area contributed by atoms with E-state index in [1.807, 2.05) is 0 Å². The van der Waals surface area contributed by atoms with Gasteiger partial charge in [0.05, 0.1) is 6.10 Å². The first-order valence-electron chi connectivity index (χ1n) is 5.75. The van der Waals surface area contributed by atoms with Crippen LogP contribution in [0.15, 0.2) is 0 Å². The zero-order chi connectivity index (χ0) is 9.22. The smallest absolute Gasteiger partial charge is 0.0574 e. The Morgan fingerprint density at radius 3 is 2.46 bits per heavy atom. The number of aliphatic hydroxyl groups excluding tert-OH is 1. The molecular weight excluding hydrogens is 160 g/mol. The van der Waals surface area contributed by atoms with Crippen LogP contribution in [0.5, 0.6) is 0 Å². The van der Waals surface area contributed by atoms with E-state index in [-0.39, 0.29) is 6.10 Å². The molecule has 1 N–H and O–H groups in total. The van der Waals surface area contributed by atoms with Crippen molar-refractivity contribution >= 4 is 0 Å². The van der Waals surface area contributed by atoms with E-state index in [1.165, 1.54) is 19.3 Å². The normalized spacial score (nSPS) is 57.0. The third-order valence-corrected chi connectivity index (χ3v) is 4.90. The minimum Gasteiger partial charge on any atom is -0.393 e. The van der Waals surface area contributed by atoms with E-state index in [2.05, 4.69) is 13.8 Å². The lowest BCUT2D eigenvalue weighted by Crippen LogP contribution is -2.27. The average Bonchev–Trinajstić information content (AvgIpc) is 2.56. The molecule has 0 amide bonds. The molecule has 5 atom stereocenters. The maximum Gasteiger partial charge on any atom is 0.0574 e. The van der Waals surface area contributed by atoms with Crippen molar-refractivity contribution in [1.29, 1.82) is 0 Å². The Morgan fingerprint density at radius 2 is 1.69 bits per heavy atom. The van der Waals surface area contributed by atoms with E-state index in [1.54, 1.807) is 0 Å². The van der Waals surface area contributed by atoms with Crippen molar-refractivity contribution in [2.24, 2.45) is 29.1 Å². The van der Waals surface area contributed by atoms with Gasteiger partial charge in [-0.05, 0) is 54.8 Å². The molecule has 74 valence electrons. The van der Waals surface area contributed by atoms with Gasteiger partial charge in [0.2, 0.25) is 0 Å². The van der Waals surface area contributed by atoms with Gasteiger partial charge in [-0.1, -0.05) is 13.8 Å². The van der Waals surface area contributed by atoms with Crippen LogP contribution in [-0.4, -0.2) is 11.2 Å². The number of fused-ring (bicyclic) bond motifs is 5. The molecule has 0 aromatic rings. The van der Waals surface area contributed by atoms with E-state index in [4.69, 9.17) is 0 Å². The molecule has 3 aliphatic carbocycles. The predicted octanol–water partition coefficient (Wildman–Crippen LogP) is 2.44. The van der Waals surface area contributed by atoms with Crippen LogP contribution < -0.4 is 0 Å². The van der Waals surface area contributed by atoms with Gasteiger partial charge in [0.25, 0.3) is 0 Å².